The third-order valence-electron chi connectivity index (χ3n) is 3.47. The van der Waals surface area contributed by atoms with Gasteiger partial charge >= 0.3 is 0 Å². The van der Waals surface area contributed by atoms with Gasteiger partial charge in [-0.15, -0.1) is 10.2 Å². The topological polar surface area (TPSA) is 68.5 Å². The number of rotatable bonds is 7. The SMILES string of the molecule is CN(C(=O)CSc1nnc(COc2ccccc2Cl)o1)c1ccccc1. The van der Waals surface area contributed by atoms with E-state index >= 15 is 0 Å². The third-order valence-corrected chi connectivity index (χ3v) is 4.59. The summed E-state index contributed by atoms with van der Waals surface area (Å²) in [5.41, 5.74) is 0.831. The van der Waals surface area contributed by atoms with Crippen LogP contribution in [0.5, 0.6) is 5.75 Å². The lowest BCUT2D eigenvalue weighted by Gasteiger charge is -2.16. The smallest absolute Gasteiger partial charge is 0.277 e. The van der Waals surface area contributed by atoms with Crippen LogP contribution in [0.2, 0.25) is 5.02 Å². The van der Waals surface area contributed by atoms with Gasteiger partial charge in [-0.3, -0.25) is 4.79 Å². The number of aromatic nitrogens is 2. The standard InChI is InChI=1S/C18H16ClN3O3S/c1-22(13-7-3-2-4-8-13)17(23)12-26-18-21-20-16(25-18)11-24-15-10-6-5-9-14(15)19/h2-10H,11-12H2,1H3. The summed E-state index contributed by atoms with van der Waals surface area (Å²) in [6.45, 7) is 0.106. The van der Waals surface area contributed by atoms with Gasteiger partial charge in [-0.05, 0) is 24.3 Å². The average molecular weight is 390 g/mol. The first-order valence-electron chi connectivity index (χ1n) is 7.77. The second-order valence-corrected chi connectivity index (χ2v) is 6.59. The van der Waals surface area contributed by atoms with Crippen LogP contribution in [0.25, 0.3) is 0 Å². The summed E-state index contributed by atoms with van der Waals surface area (Å²) in [6, 6.07) is 16.6. The van der Waals surface area contributed by atoms with Gasteiger partial charge in [0.05, 0.1) is 10.8 Å². The molecule has 1 aromatic heterocycles. The zero-order valence-electron chi connectivity index (χ0n) is 14.0. The van der Waals surface area contributed by atoms with Crippen molar-refractivity contribution in [3.63, 3.8) is 0 Å². The first kappa shape index (κ1) is 18.3. The Hall–Kier alpha value is -2.51. The Morgan fingerprint density at radius 1 is 1.15 bits per heavy atom. The van der Waals surface area contributed by atoms with E-state index in [1.165, 1.54) is 11.8 Å². The van der Waals surface area contributed by atoms with Crippen molar-refractivity contribution in [1.82, 2.24) is 10.2 Å². The maximum Gasteiger partial charge on any atom is 0.277 e. The highest BCUT2D eigenvalue weighted by Crippen LogP contribution is 2.24. The minimum atomic E-state index is -0.0618. The van der Waals surface area contributed by atoms with Gasteiger partial charge < -0.3 is 14.1 Å². The summed E-state index contributed by atoms with van der Waals surface area (Å²) in [5.74, 6) is 0.990. The number of ether oxygens (including phenoxy) is 1. The van der Waals surface area contributed by atoms with Gasteiger partial charge in [0.1, 0.15) is 5.75 Å². The largest absolute Gasteiger partial charge is 0.482 e. The molecule has 26 heavy (non-hydrogen) atoms. The van der Waals surface area contributed by atoms with Crippen LogP contribution in [0.3, 0.4) is 0 Å². The van der Waals surface area contributed by atoms with Crippen LogP contribution in [-0.4, -0.2) is 28.9 Å². The van der Waals surface area contributed by atoms with Crippen molar-refractivity contribution in [3.05, 3.63) is 65.5 Å². The normalized spacial score (nSPS) is 10.5. The predicted octanol–water partition coefficient (Wildman–Crippen LogP) is 4.06. The minimum absolute atomic E-state index is 0.0618. The Bertz CT molecular complexity index is 873. The maximum atomic E-state index is 12.2. The van der Waals surface area contributed by atoms with Crippen LogP contribution < -0.4 is 9.64 Å². The number of para-hydroxylation sites is 2. The molecule has 8 heteroatoms. The zero-order chi connectivity index (χ0) is 18.4. The molecule has 0 atom stereocenters. The minimum Gasteiger partial charge on any atom is -0.482 e. The molecule has 0 aliphatic carbocycles. The zero-order valence-corrected chi connectivity index (χ0v) is 15.5. The molecule has 0 aliphatic rings. The lowest BCUT2D eigenvalue weighted by Crippen LogP contribution is -2.27. The molecular weight excluding hydrogens is 374 g/mol. The van der Waals surface area contributed by atoms with Gasteiger partial charge in [-0.25, -0.2) is 0 Å². The predicted molar refractivity (Wildman–Crippen MR) is 101 cm³/mol. The molecule has 2 aromatic carbocycles. The van der Waals surface area contributed by atoms with Gasteiger partial charge in [0.2, 0.25) is 5.91 Å². The number of hydrogen-bond donors (Lipinski definition) is 0. The van der Waals surface area contributed by atoms with Crippen LogP contribution in [0.1, 0.15) is 5.89 Å². The van der Waals surface area contributed by atoms with Crippen LogP contribution >= 0.6 is 23.4 Å². The third kappa shape index (κ3) is 4.77. The summed E-state index contributed by atoms with van der Waals surface area (Å²) < 4.78 is 11.0. The van der Waals surface area contributed by atoms with Crippen molar-refractivity contribution in [2.45, 2.75) is 11.8 Å². The molecule has 134 valence electrons. The van der Waals surface area contributed by atoms with E-state index in [0.717, 1.165) is 5.69 Å². The number of anilines is 1. The Morgan fingerprint density at radius 3 is 2.65 bits per heavy atom. The molecule has 0 saturated heterocycles. The van der Waals surface area contributed by atoms with Crippen LogP contribution in [-0.2, 0) is 11.4 Å². The average Bonchev–Trinajstić information content (AvgIpc) is 3.13. The molecule has 0 unspecified atom stereocenters. The molecule has 0 fully saturated rings. The first-order chi connectivity index (χ1) is 12.6. The van der Waals surface area contributed by atoms with E-state index in [1.807, 2.05) is 42.5 Å². The van der Waals surface area contributed by atoms with Crippen molar-refractivity contribution >= 4 is 35.0 Å². The molecule has 1 amide bonds. The van der Waals surface area contributed by atoms with Gasteiger partial charge in [0, 0.05) is 12.7 Å². The quantitative estimate of drug-likeness (QED) is 0.567. The van der Waals surface area contributed by atoms with E-state index < -0.39 is 0 Å². The summed E-state index contributed by atoms with van der Waals surface area (Å²) in [6.07, 6.45) is 0. The monoisotopic (exact) mass is 389 g/mol. The van der Waals surface area contributed by atoms with E-state index in [9.17, 15) is 4.79 Å². The van der Waals surface area contributed by atoms with Crippen molar-refractivity contribution < 1.29 is 13.9 Å². The first-order valence-corrected chi connectivity index (χ1v) is 9.14. The molecule has 0 bridgehead atoms. The van der Waals surface area contributed by atoms with E-state index in [2.05, 4.69) is 10.2 Å². The highest BCUT2D eigenvalue weighted by Gasteiger charge is 2.14. The summed E-state index contributed by atoms with van der Waals surface area (Å²) in [4.78, 5) is 13.8. The summed E-state index contributed by atoms with van der Waals surface area (Å²) in [5, 5.41) is 8.66. The fourth-order valence-electron chi connectivity index (χ4n) is 2.07. The fraction of sp³-hybridized carbons (Fsp3) is 0.167. The molecule has 0 saturated carbocycles. The Kier molecular flexibility index (Phi) is 6.14. The number of halogens is 1. The van der Waals surface area contributed by atoms with E-state index in [-0.39, 0.29) is 18.3 Å². The van der Waals surface area contributed by atoms with Crippen molar-refractivity contribution in [3.8, 4) is 5.75 Å². The molecule has 0 spiro atoms. The summed E-state index contributed by atoms with van der Waals surface area (Å²) >= 11 is 7.21. The Morgan fingerprint density at radius 2 is 1.88 bits per heavy atom. The van der Waals surface area contributed by atoms with E-state index in [0.29, 0.717) is 21.9 Å². The van der Waals surface area contributed by atoms with Crippen LogP contribution in [0.4, 0.5) is 5.69 Å². The number of nitrogens with zero attached hydrogens (tertiary/aromatic N) is 3. The second-order valence-electron chi connectivity index (χ2n) is 5.26. The maximum absolute atomic E-state index is 12.2. The molecule has 6 nitrogen and oxygen atoms in total. The highest BCUT2D eigenvalue weighted by molar-refractivity contribution is 7.99. The van der Waals surface area contributed by atoms with E-state index in [1.54, 1.807) is 24.1 Å². The number of benzene rings is 2. The number of thioether (sulfide) groups is 1. The van der Waals surface area contributed by atoms with Crippen molar-refractivity contribution in [2.75, 3.05) is 17.7 Å². The summed E-state index contributed by atoms with van der Waals surface area (Å²) in [7, 11) is 1.73. The van der Waals surface area contributed by atoms with Crippen molar-refractivity contribution in [1.29, 1.82) is 0 Å². The van der Waals surface area contributed by atoms with Gasteiger partial charge in [-0.2, -0.15) is 0 Å². The Labute approximate surface area is 160 Å². The molecule has 1 heterocycles. The number of carbonyl (C=O) groups excluding carboxylic acids is 1. The molecule has 0 N–H and O–H groups in total. The van der Waals surface area contributed by atoms with Gasteiger partial charge in [0.15, 0.2) is 6.61 Å². The van der Waals surface area contributed by atoms with Crippen LogP contribution in [0.15, 0.2) is 64.2 Å². The fourth-order valence-corrected chi connectivity index (χ4v) is 2.96. The molecular formula is C18H16ClN3O3S. The molecule has 0 radical (unpaired) electrons. The van der Waals surface area contributed by atoms with Gasteiger partial charge in [-0.1, -0.05) is 53.7 Å². The highest BCUT2D eigenvalue weighted by atomic mass is 35.5. The van der Waals surface area contributed by atoms with Gasteiger partial charge in [0.25, 0.3) is 11.1 Å². The van der Waals surface area contributed by atoms with E-state index in [4.69, 9.17) is 20.8 Å². The lowest BCUT2D eigenvalue weighted by molar-refractivity contribution is -0.115. The second kappa shape index (κ2) is 8.73. The molecule has 0 aliphatic heterocycles. The lowest BCUT2D eigenvalue weighted by atomic mass is 10.3. The molecule has 3 rings (SSSR count). The molecule has 3 aromatic rings. The number of amides is 1. The Balaban J connectivity index is 1.51. The number of carbonyl (C=O) groups is 1. The van der Waals surface area contributed by atoms with Crippen molar-refractivity contribution in [2.24, 2.45) is 0 Å². The number of hydrogen-bond acceptors (Lipinski definition) is 6. The van der Waals surface area contributed by atoms with Crippen LogP contribution in [0, 0.1) is 0 Å².